The van der Waals surface area contributed by atoms with Crippen molar-refractivity contribution < 1.29 is 14.3 Å². The van der Waals surface area contributed by atoms with E-state index in [2.05, 4.69) is 12.2 Å². The minimum Gasteiger partial charge on any atom is -0.378 e. The van der Waals surface area contributed by atoms with Crippen LogP contribution in [0, 0.1) is 0 Å². The number of hydrogen-bond donors (Lipinski definition) is 2. The maximum absolute atomic E-state index is 11.6. The third kappa shape index (κ3) is 19.3. The Morgan fingerprint density at radius 3 is 2.00 bits per heavy atom. The van der Waals surface area contributed by atoms with Crippen LogP contribution < -0.4 is 11.1 Å². The largest absolute Gasteiger partial charge is 0.378 e. The topological polar surface area (TPSA) is 73.6 Å². The first-order valence-electron chi connectivity index (χ1n) is 9.43. The van der Waals surface area contributed by atoms with Gasteiger partial charge >= 0.3 is 0 Å². The zero-order chi connectivity index (χ0) is 17.0. The van der Waals surface area contributed by atoms with Gasteiger partial charge in [-0.15, -0.1) is 0 Å². The third-order valence-electron chi connectivity index (χ3n) is 3.71. The monoisotopic (exact) mass is 330 g/mol. The first-order chi connectivity index (χ1) is 11.3. The first-order valence-corrected chi connectivity index (χ1v) is 9.43. The van der Waals surface area contributed by atoms with Crippen LogP contribution in [0.2, 0.25) is 0 Å². The second kappa shape index (κ2) is 19.4. The maximum atomic E-state index is 11.6. The van der Waals surface area contributed by atoms with Gasteiger partial charge in [0.25, 0.3) is 0 Å². The summed E-state index contributed by atoms with van der Waals surface area (Å²) >= 11 is 0. The van der Waals surface area contributed by atoms with E-state index in [0.717, 1.165) is 12.8 Å². The van der Waals surface area contributed by atoms with E-state index in [-0.39, 0.29) is 5.91 Å². The van der Waals surface area contributed by atoms with E-state index in [1.54, 1.807) is 0 Å². The number of hydrogen-bond acceptors (Lipinski definition) is 4. The van der Waals surface area contributed by atoms with Gasteiger partial charge in [0.2, 0.25) is 5.91 Å². The lowest BCUT2D eigenvalue weighted by Crippen LogP contribution is -2.27. The summed E-state index contributed by atoms with van der Waals surface area (Å²) in [5.74, 6) is 0.135. The summed E-state index contributed by atoms with van der Waals surface area (Å²) in [6, 6.07) is 0. The number of nitrogens with two attached hydrogens (primary N) is 1. The lowest BCUT2D eigenvalue weighted by atomic mass is 10.1. The molecule has 0 aromatic rings. The highest BCUT2D eigenvalue weighted by molar-refractivity contribution is 5.75. The van der Waals surface area contributed by atoms with E-state index in [9.17, 15) is 4.79 Å². The fourth-order valence-electron chi connectivity index (χ4n) is 2.35. The van der Waals surface area contributed by atoms with Crippen LogP contribution in [-0.4, -0.2) is 45.4 Å². The molecule has 0 aliphatic rings. The molecule has 0 saturated carbocycles. The van der Waals surface area contributed by atoms with E-state index in [0.29, 0.717) is 45.9 Å². The molecule has 0 heterocycles. The van der Waals surface area contributed by atoms with Crippen LogP contribution in [0.3, 0.4) is 0 Å². The summed E-state index contributed by atoms with van der Waals surface area (Å²) in [5, 5.41) is 2.89. The average molecular weight is 331 g/mol. The first kappa shape index (κ1) is 22.4. The molecule has 0 bridgehead atoms. The fourth-order valence-corrected chi connectivity index (χ4v) is 2.35. The van der Waals surface area contributed by atoms with Gasteiger partial charge in [-0.2, -0.15) is 0 Å². The standard InChI is InChI=1S/C18H38N2O3/c1-2-3-4-5-6-7-8-9-10-11-18(21)20-13-15-23-17-16-22-14-12-19/h2-17,19H2,1H3,(H,20,21). The summed E-state index contributed by atoms with van der Waals surface area (Å²) < 4.78 is 10.5. The number of ether oxygens (including phenoxy) is 2. The fraction of sp³-hybridized carbons (Fsp3) is 0.944. The number of unbranched alkanes of at least 4 members (excludes halogenated alkanes) is 8. The summed E-state index contributed by atoms with van der Waals surface area (Å²) in [7, 11) is 0. The van der Waals surface area contributed by atoms with E-state index in [4.69, 9.17) is 15.2 Å². The molecule has 0 aromatic carbocycles. The van der Waals surface area contributed by atoms with E-state index >= 15 is 0 Å². The molecule has 0 aromatic heterocycles. The second-order valence-corrected chi connectivity index (χ2v) is 5.94. The lowest BCUT2D eigenvalue weighted by Gasteiger charge is -2.07. The van der Waals surface area contributed by atoms with Gasteiger partial charge < -0.3 is 20.5 Å². The van der Waals surface area contributed by atoms with Crippen molar-refractivity contribution in [2.45, 2.75) is 71.1 Å². The van der Waals surface area contributed by atoms with Gasteiger partial charge in [-0.3, -0.25) is 4.79 Å². The Bertz CT molecular complexity index is 250. The van der Waals surface area contributed by atoms with Crippen molar-refractivity contribution in [3.63, 3.8) is 0 Å². The summed E-state index contributed by atoms with van der Waals surface area (Å²) in [6.45, 7) is 5.57. The summed E-state index contributed by atoms with van der Waals surface area (Å²) in [6.07, 6.45) is 12.1. The molecule has 0 aliphatic heterocycles. The predicted molar refractivity (Wildman–Crippen MR) is 95.5 cm³/mol. The Labute approximate surface area is 142 Å². The number of carbonyl (C=O) groups excluding carboxylic acids is 1. The summed E-state index contributed by atoms with van der Waals surface area (Å²) in [4.78, 5) is 11.6. The molecule has 0 saturated heterocycles. The molecule has 23 heavy (non-hydrogen) atoms. The molecule has 5 heteroatoms. The van der Waals surface area contributed by atoms with Crippen LogP contribution in [0.4, 0.5) is 0 Å². The Morgan fingerprint density at radius 1 is 0.826 bits per heavy atom. The van der Waals surface area contributed by atoms with Gasteiger partial charge in [0.15, 0.2) is 0 Å². The van der Waals surface area contributed by atoms with Gasteiger partial charge in [-0.25, -0.2) is 0 Å². The Balaban J connectivity index is 3.13. The number of rotatable bonds is 18. The van der Waals surface area contributed by atoms with Crippen LogP contribution in [0.1, 0.15) is 71.1 Å². The Morgan fingerprint density at radius 2 is 1.39 bits per heavy atom. The number of carbonyl (C=O) groups is 1. The van der Waals surface area contributed by atoms with Crippen molar-refractivity contribution in [3.8, 4) is 0 Å². The molecule has 0 fully saturated rings. The van der Waals surface area contributed by atoms with Crippen molar-refractivity contribution in [2.75, 3.05) is 39.5 Å². The molecule has 1 amide bonds. The molecule has 3 N–H and O–H groups in total. The predicted octanol–water partition coefficient (Wildman–Crippen LogP) is 3.02. The zero-order valence-corrected chi connectivity index (χ0v) is 15.1. The highest BCUT2D eigenvalue weighted by Crippen LogP contribution is 2.10. The average Bonchev–Trinajstić information content (AvgIpc) is 2.56. The molecule has 0 spiro atoms. The molecule has 5 nitrogen and oxygen atoms in total. The van der Waals surface area contributed by atoms with Crippen molar-refractivity contribution in [2.24, 2.45) is 5.73 Å². The molecular weight excluding hydrogens is 292 g/mol. The minimum atomic E-state index is 0.135. The quantitative estimate of drug-likeness (QED) is 0.379. The van der Waals surface area contributed by atoms with Crippen LogP contribution in [0.15, 0.2) is 0 Å². The van der Waals surface area contributed by atoms with Crippen molar-refractivity contribution in [1.29, 1.82) is 0 Å². The molecule has 0 rings (SSSR count). The van der Waals surface area contributed by atoms with Crippen LogP contribution in [-0.2, 0) is 14.3 Å². The van der Waals surface area contributed by atoms with E-state index in [1.807, 2.05) is 0 Å². The van der Waals surface area contributed by atoms with Gasteiger partial charge in [0.1, 0.15) is 0 Å². The molecule has 0 radical (unpaired) electrons. The molecule has 0 atom stereocenters. The lowest BCUT2D eigenvalue weighted by molar-refractivity contribution is -0.121. The normalized spacial score (nSPS) is 10.9. The highest BCUT2D eigenvalue weighted by atomic mass is 16.5. The molecule has 0 aliphatic carbocycles. The summed E-state index contributed by atoms with van der Waals surface area (Å²) in [5.41, 5.74) is 5.30. The Hall–Kier alpha value is -0.650. The SMILES string of the molecule is CCCCCCCCCCCC(=O)NCCOCCOCCN. The van der Waals surface area contributed by atoms with Gasteiger partial charge in [-0.1, -0.05) is 58.3 Å². The zero-order valence-electron chi connectivity index (χ0n) is 15.1. The van der Waals surface area contributed by atoms with Crippen molar-refractivity contribution in [3.05, 3.63) is 0 Å². The van der Waals surface area contributed by atoms with E-state index < -0.39 is 0 Å². The maximum Gasteiger partial charge on any atom is 0.220 e. The van der Waals surface area contributed by atoms with Crippen LogP contribution in [0.25, 0.3) is 0 Å². The molecule has 0 unspecified atom stereocenters. The van der Waals surface area contributed by atoms with Gasteiger partial charge in [0.05, 0.1) is 26.4 Å². The number of amides is 1. The Kier molecular flexibility index (Phi) is 18.8. The molecule has 138 valence electrons. The third-order valence-corrected chi connectivity index (χ3v) is 3.71. The van der Waals surface area contributed by atoms with Crippen LogP contribution in [0.5, 0.6) is 0 Å². The minimum absolute atomic E-state index is 0.135. The van der Waals surface area contributed by atoms with Crippen LogP contribution >= 0.6 is 0 Å². The smallest absolute Gasteiger partial charge is 0.220 e. The highest BCUT2D eigenvalue weighted by Gasteiger charge is 2.00. The van der Waals surface area contributed by atoms with Gasteiger partial charge in [0, 0.05) is 19.5 Å². The van der Waals surface area contributed by atoms with Crippen molar-refractivity contribution >= 4 is 5.91 Å². The van der Waals surface area contributed by atoms with E-state index in [1.165, 1.54) is 44.9 Å². The second-order valence-electron chi connectivity index (χ2n) is 5.94. The van der Waals surface area contributed by atoms with Crippen molar-refractivity contribution in [1.82, 2.24) is 5.32 Å². The number of nitrogens with one attached hydrogen (secondary N) is 1. The molecular formula is C18H38N2O3. The van der Waals surface area contributed by atoms with Gasteiger partial charge in [-0.05, 0) is 6.42 Å².